The summed E-state index contributed by atoms with van der Waals surface area (Å²) in [6.45, 7) is 1.57. The zero-order chi connectivity index (χ0) is 13.8. The van der Waals surface area contributed by atoms with Gasteiger partial charge >= 0.3 is 6.18 Å². The molecule has 2 N–H and O–H groups in total. The van der Waals surface area contributed by atoms with Gasteiger partial charge in [0.2, 0.25) is 0 Å². The van der Waals surface area contributed by atoms with Gasteiger partial charge in [-0.15, -0.1) is 0 Å². The van der Waals surface area contributed by atoms with Crippen LogP contribution in [-0.2, 0) is 0 Å². The molecule has 0 heterocycles. The highest BCUT2D eigenvalue weighted by molar-refractivity contribution is 5.36. The molecule has 0 aliphatic carbocycles. The van der Waals surface area contributed by atoms with Crippen molar-refractivity contribution in [2.24, 2.45) is 5.73 Å². The average Bonchev–Trinajstić information content (AvgIpc) is 2.24. The van der Waals surface area contributed by atoms with Gasteiger partial charge in [-0.25, -0.2) is 4.39 Å². The van der Waals surface area contributed by atoms with Crippen LogP contribution in [-0.4, -0.2) is 12.8 Å². The minimum absolute atomic E-state index is 0.0785. The summed E-state index contributed by atoms with van der Waals surface area (Å²) in [6.07, 6.45) is -5.23. The van der Waals surface area contributed by atoms with Gasteiger partial charge in [0.1, 0.15) is 11.6 Å². The zero-order valence-electron chi connectivity index (χ0n) is 9.93. The molecule has 0 spiro atoms. The summed E-state index contributed by atoms with van der Waals surface area (Å²) in [5.41, 5.74) is 6.08. The zero-order valence-corrected chi connectivity index (χ0v) is 9.93. The standard InChI is InChI=1S/C12H15F4NO/c1-8(17)10-7-9(13)3-4-11(10)18-6-2-5-12(14,15)16/h3-4,7-8H,2,5-6,17H2,1H3/t8-/m0/s1. The van der Waals surface area contributed by atoms with Crippen LogP contribution in [0.1, 0.15) is 31.4 Å². The molecule has 1 aromatic carbocycles. The number of hydrogen-bond acceptors (Lipinski definition) is 2. The van der Waals surface area contributed by atoms with Crippen molar-refractivity contribution in [2.45, 2.75) is 32.0 Å². The van der Waals surface area contributed by atoms with Crippen LogP contribution >= 0.6 is 0 Å². The van der Waals surface area contributed by atoms with E-state index < -0.39 is 24.5 Å². The molecule has 102 valence electrons. The molecule has 0 unspecified atom stereocenters. The normalized spacial score (nSPS) is 13.4. The molecule has 6 heteroatoms. The fraction of sp³-hybridized carbons (Fsp3) is 0.500. The lowest BCUT2D eigenvalue weighted by molar-refractivity contribution is -0.136. The van der Waals surface area contributed by atoms with E-state index in [1.165, 1.54) is 18.2 Å². The van der Waals surface area contributed by atoms with E-state index in [0.717, 1.165) is 0 Å². The highest BCUT2D eigenvalue weighted by Crippen LogP contribution is 2.26. The maximum Gasteiger partial charge on any atom is 0.389 e. The maximum atomic E-state index is 13.0. The van der Waals surface area contributed by atoms with Crippen LogP contribution in [0.25, 0.3) is 0 Å². The van der Waals surface area contributed by atoms with Gasteiger partial charge in [0.15, 0.2) is 0 Å². The highest BCUT2D eigenvalue weighted by Gasteiger charge is 2.26. The summed E-state index contributed by atoms with van der Waals surface area (Å²) >= 11 is 0. The molecule has 0 radical (unpaired) electrons. The third-order valence-electron chi connectivity index (χ3n) is 2.32. The van der Waals surface area contributed by atoms with Gasteiger partial charge < -0.3 is 10.5 Å². The summed E-state index contributed by atoms with van der Waals surface area (Å²) in [6, 6.07) is 3.34. The van der Waals surface area contributed by atoms with Gasteiger partial charge in [0.05, 0.1) is 6.61 Å². The van der Waals surface area contributed by atoms with E-state index >= 15 is 0 Å². The monoisotopic (exact) mass is 265 g/mol. The number of alkyl halides is 3. The third-order valence-corrected chi connectivity index (χ3v) is 2.32. The first-order valence-corrected chi connectivity index (χ1v) is 5.54. The molecule has 1 atom stereocenters. The van der Waals surface area contributed by atoms with E-state index in [0.29, 0.717) is 11.3 Å². The molecule has 0 aliphatic rings. The number of ether oxygens (including phenoxy) is 1. The second-order valence-electron chi connectivity index (χ2n) is 4.04. The molecule has 1 rings (SSSR count). The van der Waals surface area contributed by atoms with Crippen LogP contribution in [0.2, 0.25) is 0 Å². The molecule has 0 aliphatic heterocycles. The first kappa shape index (κ1) is 14.8. The van der Waals surface area contributed by atoms with Crippen molar-refractivity contribution in [1.29, 1.82) is 0 Å². The van der Waals surface area contributed by atoms with Crippen molar-refractivity contribution >= 4 is 0 Å². The first-order chi connectivity index (χ1) is 8.29. The Morgan fingerprint density at radius 2 is 2.00 bits per heavy atom. The second-order valence-corrected chi connectivity index (χ2v) is 4.04. The predicted octanol–water partition coefficient (Wildman–Crippen LogP) is 3.57. The molecule has 1 aromatic rings. The molecular formula is C12H15F4NO. The van der Waals surface area contributed by atoms with Gasteiger partial charge in [-0.1, -0.05) is 0 Å². The van der Waals surface area contributed by atoms with E-state index in [4.69, 9.17) is 10.5 Å². The second kappa shape index (κ2) is 6.04. The molecule has 0 amide bonds. The lowest BCUT2D eigenvalue weighted by atomic mass is 10.1. The minimum atomic E-state index is -4.18. The Balaban J connectivity index is 2.57. The Hall–Kier alpha value is -1.30. The molecule has 18 heavy (non-hydrogen) atoms. The number of halogens is 4. The van der Waals surface area contributed by atoms with Gasteiger partial charge in [0.25, 0.3) is 0 Å². The summed E-state index contributed by atoms with van der Waals surface area (Å²) in [5.74, 6) is -0.126. The van der Waals surface area contributed by atoms with Crippen LogP contribution in [0.5, 0.6) is 5.75 Å². The summed E-state index contributed by atoms with van der Waals surface area (Å²) in [7, 11) is 0. The van der Waals surface area contributed by atoms with Crippen LogP contribution < -0.4 is 10.5 Å². The van der Waals surface area contributed by atoms with E-state index in [1.54, 1.807) is 6.92 Å². The summed E-state index contributed by atoms with van der Waals surface area (Å²) < 4.78 is 53.9. The SMILES string of the molecule is C[C@H](N)c1cc(F)ccc1OCCCC(F)(F)F. The lowest BCUT2D eigenvalue weighted by Crippen LogP contribution is -2.12. The topological polar surface area (TPSA) is 35.2 Å². The van der Waals surface area contributed by atoms with Crippen molar-refractivity contribution in [3.8, 4) is 5.75 Å². The lowest BCUT2D eigenvalue weighted by Gasteiger charge is -2.14. The summed E-state index contributed by atoms with van der Waals surface area (Å²) in [5, 5.41) is 0. The quantitative estimate of drug-likeness (QED) is 0.652. The Labute approximate surface area is 103 Å². The van der Waals surface area contributed by atoms with Crippen LogP contribution in [0.15, 0.2) is 18.2 Å². The van der Waals surface area contributed by atoms with Crippen LogP contribution in [0, 0.1) is 5.82 Å². The van der Waals surface area contributed by atoms with E-state index in [9.17, 15) is 17.6 Å². The number of rotatable bonds is 5. The molecule has 0 saturated heterocycles. The molecule has 0 fully saturated rings. The Morgan fingerprint density at radius 1 is 1.33 bits per heavy atom. The highest BCUT2D eigenvalue weighted by atomic mass is 19.4. The minimum Gasteiger partial charge on any atom is -0.493 e. The molecule has 2 nitrogen and oxygen atoms in total. The summed E-state index contributed by atoms with van der Waals surface area (Å²) in [4.78, 5) is 0. The Bertz CT molecular complexity index is 390. The first-order valence-electron chi connectivity index (χ1n) is 5.54. The maximum absolute atomic E-state index is 13.0. The number of hydrogen-bond donors (Lipinski definition) is 1. The van der Waals surface area contributed by atoms with Gasteiger partial charge in [-0.05, 0) is 31.5 Å². The van der Waals surface area contributed by atoms with Crippen molar-refractivity contribution in [1.82, 2.24) is 0 Å². The van der Waals surface area contributed by atoms with Crippen molar-refractivity contribution < 1.29 is 22.3 Å². The van der Waals surface area contributed by atoms with E-state index in [2.05, 4.69) is 0 Å². The Kier molecular flexibility index (Phi) is 4.95. The fourth-order valence-electron chi connectivity index (χ4n) is 1.46. The molecular weight excluding hydrogens is 250 g/mol. The molecule has 0 bridgehead atoms. The van der Waals surface area contributed by atoms with E-state index in [-0.39, 0.29) is 13.0 Å². The van der Waals surface area contributed by atoms with Crippen molar-refractivity contribution in [3.05, 3.63) is 29.6 Å². The van der Waals surface area contributed by atoms with Gasteiger partial charge in [0, 0.05) is 18.0 Å². The van der Waals surface area contributed by atoms with Gasteiger partial charge in [-0.3, -0.25) is 0 Å². The predicted molar refractivity (Wildman–Crippen MR) is 59.8 cm³/mol. The number of benzene rings is 1. The average molecular weight is 265 g/mol. The smallest absolute Gasteiger partial charge is 0.389 e. The van der Waals surface area contributed by atoms with Gasteiger partial charge in [-0.2, -0.15) is 13.2 Å². The van der Waals surface area contributed by atoms with Crippen molar-refractivity contribution in [3.63, 3.8) is 0 Å². The Morgan fingerprint density at radius 3 is 2.56 bits per heavy atom. The largest absolute Gasteiger partial charge is 0.493 e. The third kappa shape index (κ3) is 4.91. The number of nitrogens with two attached hydrogens (primary N) is 1. The van der Waals surface area contributed by atoms with Crippen LogP contribution in [0.3, 0.4) is 0 Å². The van der Waals surface area contributed by atoms with Crippen LogP contribution in [0.4, 0.5) is 17.6 Å². The molecule has 0 saturated carbocycles. The van der Waals surface area contributed by atoms with Crippen molar-refractivity contribution in [2.75, 3.05) is 6.61 Å². The fourth-order valence-corrected chi connectivity index (χ4v) is 1.46. The van der Waals surface area contributed by atoms with E-state index in [1.807, 2.05) is 0 Å². The molecule has 0 aromatic heterocycles.